The average molecular weight is 360 g/mol. The molecule has 0 spiro atoms. The zero-order valence-electron chi connectivity index (χ0n) is 12.8. The molecule has 0 N–H and O–H groups in total. The number of benzene rings is 2. The second-order valence-electron chi connectivity index (χ2n) is 5.20. The van der Waals surface area contributed by atoms with Crippen LogP contribution in [0.4, 0.5) is 0 Å². The lowest BCUT2D eigenvalue weighted by molar-refractivity contribution is 1.19. The third kappa shape index (κ3) is 3.55. The predicted octanol–water partition coefficient (Wildman–Crippen LogP) is 6.75. The van der Waals surface area contributed by atoms with Gasteiger partial charge < -0.3 is 0 Å². The van der Waals surface area contributed by atoms with Gasteiger partial charge in [0.2, 0.25) is 0 Å². The van der Waals surface area contributed by atoms with Crippen LogP contribution >= 0.6 is 35.0 Å². The van der Waals surface area contributed by atoms with Crippen LogP contribution in [-0.4, -0.2) is 11.2 Å². The second-order valence-corrected chi connectivity index (χ2v) is 6.93. The molecule has 0 bridgehead atoms. The topological polar surface area (TPSA) is 12.9 Å². The highest BCUT2D eigenvalue weighted by atomic mass is 35.5. The van der Waals surface area contributed by atoms with Crippen LogP contribution in [0, 0.1) is 6.92 Å². The first kappa shape index (κ1) is 16.4. The third-order valence-corrected chi connectivity index (χ3v) is 5.00. The average Bonchev–Trinajstić information content (AvgIpc) is 2.55. The second kappa shape index (κ2) is 6.96. The summed E-state index contributed by atoms with van der Waals surface area (Å²) >= 11 is 14.0. The molecule has 0 amide bonds. The minimum Gasteiger partial charge on any atom is -0.247 e. The number of thioether (sulfide) groups is 1. The summed E-state index contributed by atoms with van der Waals surface area (Å²) in [7, 11) is 0. The zero-order chi connectivity index (χ0) is 16.4. The fraction of sp³-hybridized carbons (Fsp3) is 0.105. The number of pyridine rings is 1. The molecule has 23 heavy (non-hydrogen) atoms. The van der Waals surface area contributed by atoms with E-state index >= 15 is 0 Å². The van der Waals surface area contributed by atoms with E-state index in [4.69, 9.17) is 28.2 Å². The fourth-order valence-corrected chi connectivity index (χ4v) is 3.52. The Morgan fingerprint density at radius 2 is 1.48 bits per heavy atom. The van der Waals surface area contributed by atoms with E-state index in [0.29, 0.717) is 10.0 Å². The molecule has 0 aliphatic rings. The Labute approximate surface area is 150 Å². The number of rotatable bonds is 3. The fourth-order valence-electron chi connectivity index (χ4n) is 2.51. The molecular formula is C19H15Cl2NS. The van der Waals surface area contributed by atoms with Crippen LogP contribution in [0.1, 0.15) is 5.56 Å². The Bertz CT molecular complexity index is 862. The van der Waals surface area contributed by atoms with E-state index in [1.54, 1.807) is 11.8 Å². The molecule has 3 rings (SSSR count). The van der Waals surface area contributed by atoms with Crippen molar-refractivity contribution in [3.05, 3.63) is 70.2 Å². The van der Waals surface area contributed by atoms with E-state index in [2.05, 4.69) is 19.2 Å². The Morgan fingerprint density at radius 3 is 2.09 bits per heavy atom. The highest BCUT2D eigenvalue weighted by Gasteiger charge is 2.12. The van der Waals surface area contributed by atoms with Gasteiger partial charge in [-0.25, -0.2) is 4.98 Å². The molecule has 1 nitrogen and oxygen atoms in total. The van der Waals surface area contributed by atoms with Crippen LogP contribution in [0.2, 0.25) is 10.0 Å². The van der Waals surface area contributed by atoms with Crippen molar-refractivity contribution in [2.24, 2.45) is 0 Å². The number of hydrogen-bond acceptors (Lipinski definition) is 2. The van der Waals surface area contributed by atoms with Gasteiger partial charge in [0.25, 0.3) is 0 Å². The molecule has 0 fully saturated rings. The molecular weight excluding hydrogens is 345 g/mol. The third-order valence-electron chi connectivity index (χ3n) is 3.66. The van der Waals surface area contributed by atoms with Crippen molar-refractivity contribution in [1.29, 1.82) is 0 Å². The first-order valence-corrected chi connectivity index (χ1v) is 9.14. The maximum absolute atomic E-state index is 6.15. The van der Waals surface area contributed by atoms with Gasteiger partial charge >= 0.3 is 0 Å². The first-order chi connectivity index (χ1) is 11.1. The van der Waals surface area contributed by atoms with E-state index in [1.165, 1.54) is 4.90 Å². The molecule has 0 aliphatic heterocycles. The Hall–Kier alpha value is -1.48. The summed E-state index contributed by atoms with van der Waals surface area (Å²) in [6.45, 7) is 2.09. The lowest BCUT2D eigenvalue weighted by Crippen LogP contribution is -1.95. The molecule has 0 radical (unpaired) electrons. The van der Waals surface area contributed by atoms with Crippen LogP contribution in [0.25, 0.3) is 22.5 Å². The van der Waals surface area contributed by atoms with Crippen LogP contribution < -0.4 is 0 Å². The van der Waals surface area contributed by atoms with E-state index in [1.807, 2.05) is 48.5 Å². The summed E-state index contributed by atoms with van der Waals surface area (Å²) in [5.41, 5.74) is 5.06. The predicted molar refractivity (Wildman–Crippen MR) is 102 cm³/mol. The van der Waals surface area contributed by atoms with Crippen molar-refractivity contribution >= 4 is 35.0 Å². The van der Waals surface area contributed by atoms with Crippen LogP contribution in [0.15, 0.2) is 59.5 Å². The Balaban J connectivity index is 2.22. The van der Waals surface area contributed by atoms with Crippen molar-refractivity contribution in [3.63, 3.8) is 0 Å². The largest absolute Gasteiger partial charge is 0.247 e. The van der Waals surface area contributed by atoms with Gasteiger partial charge in [-0.1, -0.05) is 47.5 Å². The maximum Gasteiger partial charge on any atom is 0.0750 e. The maximum atomic E-state index is 6.15. The van der Waals surface area contributed by atoms with Gasteiger partial charge in [-0.3, -0.25) is 0 Å². The molecule has 4 heteroatoms. The van der Waals surface area contributed by atoms with Gasteiger partial charge in [0.1, 0.15) is 0 Å². The summed E-state index contributed by atoms with van der Waals surface area (Å²) in [4.78, 5) is 6.07. The minimum atomic E-state index is 0.708. The monoisotopic (exact) mass is 359 g/mol. The molecule has 116 valence electrons. The van der Waals surface area contributed by atoms with E-state index in [-0.39, 0.29) is 0 Å². The quantitative estimate of drug-likeness (QED) is 0.479. The van der Waals surface area contributed by atoms with Crippen molar-refractivity contribution < 1.29 is 0 Å². The number of nitrogens with zero attached hydrogens (tertiary/aromatic N) is 1. The van der Waals surface area contributed by atoms with Gasteiger partial charge in [-0.15, -0.1) is 11.8 Å². The number of halogens is 2. The summed E-state index contributed by atoms with van der Waals surface area (Å²) in [5, 5.41) is 1.42. The zero-order valence-corrected chi connectivity index (χ0v) is 15.1. The summed E-state index contributed by atoms with van der Waals surface area (Å²) in [5.74, 6) is 0. The summed E-state index contributed by atoms with van der Waals surface area (Å²) in [6.07, 6.45) is 2.08. The van der Waals surface area contributed by atoms with Gasteiger partial charge in [0.05, 0.1) is 11.4 Å². The van der Waals surface area contributed by atoms with Crippen LogP contribution in [0.3, 0.4) is 0 Å². The van der Waals surface area contributed by atoms with E-state index in [0.717, 1.165) is 28.1 Å². The summed E-state index contributed by atoms with van der Waals surface area (Å²) < 4.78 is 0. The Morgan fingerprint density at radius 1 is 0.870 bits per heavy atom. The minimum absolute atomic E-state index is 0.708. The highest BCUT2D eigenvalue weighted by molar-refractivity contribution is 7.98. The summed E-state index contributed by atoms with van der Waals surface area (Å²) in [6, 6.07) is 17.7. The molecule has 0 saturated carbocycles. The van der Waals surface area contributed by atoms with Gasteiger partial charge in [-0.2, -0.15) is 0 Å². The van der Waals surface area contributed by atoms with E-state index < -0.39 is 0 Å². The number of hydrogen-bond donors (Lipinski definition) is 0. The molecule has 0 saturated heterocycles. The number of aromatic nitrogens is 1. The normalized spacial score (nSPS) is 10.8. The lowest BCUT2D eigenvalue weighted by atomic mass is 10.0. The Kier molecular flexibility index (Phi) is 4.96. The van der Waals surface area contributed by atoms with Gasteiger partial charge in [-0.05, 0) is 49.1 Å². The molecule has 1 heterocycles. The molecule has 3 aromatic rings. The molecule has 2 aromatic carbocycles. The van der Waals surface area contributed by atoms with Crippen molar-refractivity contribution in [3.8, 4) is 22.5 Å². The lowest BCUT2D eigenvalue weighted by Gasteiger charge is -2.13. The van der Waals surface area contributed by atoms with Gasteiger partial charge in [0.15, 0.2) is 0 Å². The molecule has 0 aliphatic carbocycles. The standard InChI is InChI=1S/C19H15Cl2NS/c1-12-18(23-2)11-17(13-5-3-7-15(20)9-13)22-19(12)14-6-4-8-16(21)10-14/h3-11H,1-2H3. The SMILES string of the molecule is CSc1cc(-c2cccc(Cl)c2)nc(-c2cccc(Cl)c2)c1C. The molecule has 0 atom stereocenters. The van der Waals surface area contributed by atoms with Crippen LogP contribution in [-0.2, 0) is 0 Å². The molecule has 1 aromatic heterocycles. The van der Waals surface area contributed by atoms with Crippen molar-refractivity contribution in [2.45, 2.75) is 11.8 Å². The van der Waals surface area contributed by atoms with Gasteiger partial charge in [0, 0.05) is 26.1 Å². The first-order valence-electron chi connectivity index (χ1n) is 7.16. The van der Waals surface area contributed by atoms with Crippen LogP contribution in [0.5, 0.6) is 0 Å². The molecule has 0 unspecified atom stereocenters. The van der Waals surface area contributed by atoms with E-state index in [9.17, 15) is 0 Å². The van der Waals surface area contributed by atoms with Crippen molar-refractivity contribution in [2.75, 3.05) is 6.26 Å². The van der Waals surface area contributed by atoms with Crippen molar-refractivity contribution in [1.82, 2.24) is 4.98 Å². The highest BCUT2D eigenvalue weighted by Crippen LogP contribution is 2.34. The smallest absolute Gasteiger partial charge is 0.0750 e.